The molecule has 0 saturated heterocycles. The number of halogens is 2. The fraction of sp³-hybridized carbons (Fsp3) is 0.214. The van der Waals surface area contributed by atoms with E-state index < -0.39 is 0 Å². The van der Waals surface area contributed by atoms with Crippen LogP contribution >= 0.6 is 15.9 Å². The van der Waals surface area contributed by atoms with Crippen LogP contribution in [0.4, 0.5) is 4.39 Å². The molecule has 4 heteroatoms. The van der Waals surface area contributed by atoms with E-state index in [1.807, 2.05) is 25.2 Å². The summed E-state index contributed by atoms with van der Waals surface area (Å²) in [5, 5.41) is 3.16. The smallest absolute Gasteiger partial charge is 0.126 e. The number of aromatic nitrogens is 1. The summed E-state index contributed by atoms with van der Waals surface area (Å²) in [5.74, 6) is -0.195. The average molecular weight is 309 g/mol. The van der Waals surface area contributed by atoms with Crippen molar-refractivity contribution < 1.29 is 4.39 Å². The van der Waals surface area contributed by atoms with Crippen LogP contribution in [0.2, 0.25) is 0 Å². The molecule has 1 N–H and O–H groups in total. The highest BCUT2D eigenvalue weighted by Crippen LogP contribution is 2.27. The molecule has 1 unspecified atom stereocenters. The summed E-state index contributed by atoms with van der Waals surface area (Å²) in [4.78, 5) is 4.35. The Morgan fingerprint density at radius 2 is 2.11 bits per heavy atom. The molecular weight excluding hydrogens is 295 g/mol. The van der Waals surface area contributed by atoms with Gasteiger partial charge < -0.3 is 5.32 Å². The zero-order valence-electron chi connectivity index (χ0n) is 10.2. The number of rotatable bonds is 3. The van der Waals surface area contributed by atoms with Gasteiger partial charge in [-0.15, -0.1) is 0 Å². The molecule has 2 aromatic rings. The van der Waals surface area contributed by atoms with Gasteiger partial charge in [-0.3, -0.25) is 4.98 Å². The molecule has 0 aliphatic heterocycles. The van der Waals surface area contributed by atoms with Gasteiger partial charge >= 0.3 is 0 Å². The van der Waals surface area contributed by atoms with Gasteiger partial charge in [-0.2, -0.15) is 0 Å². The number of nitrogens with zero attached hydrogens (tertiary/aromatic N) is 1. The van der Waals surface area contributed by atoms with Crippen LogP contribution in [-0.4, -0.2) is 12.0 Å². The van der Waals surface area contributed by atoms with Gasteiger partial charge in [0.1, 0.15) is 5.82 Å². The van der Waals surface area contributed by atoms with Crippen molar-refractivity contribution in [3.63, 3.8) is 0 Å². The molecule has 0 spiro atoms. The number of nitrogens with one attached hydrogen (secondary N) is 1. The minimum absolute atomic E-state index is 0.129. The van der Waals surface area contributed by atoms with Crippen molar-refractivity contribution >= 4 is 15.9 Å². The number of pyridine rings is 1. The summed E-state index contributed by atoms with van der Waals surface area (Å²) in [6.45, 7) is 1.75. The van der Waals surface area contributed by atoms with E-state index in [1.165, 1.54) is 0 Å². The second kappa shape index (κ2) is 5.59. The molecule has 0 amide bonds. The Balaban J connectivity index is 2.45. The lowest BCUT2D eigenvalue weighted by atomic mass is 10.0. The van der Waals surface area contributed by atoms with Crippen LogP contribution in [0.5, 0.6) is 0 Å². The predicted molar refractivity (Wildman–Crippen MR) is 74.0 cm³/mol. The Kier molecular flexibility index (Phi) is 4.09. The lowest BCUT2D eigenvalue weighted by molar-refractivity contribution is 0.605. The third-order valence-corrected chi connectivity index (χ3v) is 3.55. The minimum atomic E-state index is -0.195. The molecule has 94 valence electrons. The number of hydrogen-bond acceptors (Lipinski definition) is 2. The summed E-state index contributed by atoms with van der Waals surface area (Å²) in [6, 6.07) is 8.91. The van der Waals surface area contributed by atoms with E-state index >= 15 is 0 Å². The lowest BCUT2D eigenvalue weighted by Gasteiger charge is -2.17. The van der Waals surface area contributed by atoms with Crippen LogP contribution < -0.4 is 5.32 Å². The maximum Gasteiger partial charge on any atom is 0.126 e. The van der Waals surface area contributed by atoms with Crippen molar-refractivity contribution in [2.45, 2.75) is 13.0 Å². The Morgan fingerprint density at radius 1 is 1.33 bits per heavy atom. The van der Waals surface area contributed by atoms with E-state index in [0.717, 1.165) is 15.7 Å². The first kappa shape index (κ1) is 13.2. The molecule has 1 aromatic carbocycles. The molecule has 1 heterocycles. The van der Waals surface area contributed by atoms with E-state index in [0.29, 0.717) is 5.56 Å². The number of hydrogen-bond donors (Lipinski definition) is 1. The van der Waals surface area contributed by atoms with Crippen molar-refractivity contribution in [3.8, 4) is 0 Å². The minimum Gasteiger partial charge on any atom is -0.308 e. The van der Waals surface area contributed by atoms with E-state index in [1.54, 1.807) is 25.3 Å². The normalized spacial score (nSPS) is 12.4. The zero-order chi connectivity index (χ0) is 13.1. The van der Waals surface area contributed by atoms with Gasteiger partial charge in [0.2, 0.25) is 0 Å². The molecule has 2 rings (SSSR count). The van der Waals surface area contributed by atoms with E-state index in [9.17, 15) is 4.39 Å². The molecule has 1 atom stereocenters. The van der Waals surface area contributed by atoms with Crippen molar-refractivity contribution in [3.05, 3.63) is 63.6 Å². The van der Waals surface area contributed by atoms with E-state index in [4.69, 9.17) is 0 Å². The Labute approximate surface area is 114 Å². The summed E-state index contributed by atoms with van der Waals surface area (Å²) in [6.07, 6.45) is 1.73. The monoisotopic (exact) mass is 308 g/mol. The van der Waals surface area contributed by atoms with Gasteiger partial charge in [0.05, 0.1) is 11.7 Å². The molecule has 0 fully saturated rings. The van der Waals surface area contributed by atoms with Gasteiger partial charge in [0.25, 0.3) is 0 Å². The third-order valence-electron chi connectivity index (χ3n) is 2.88. The molecular formula is C14H14BrFN2. The van der Waals surface area contributed by atoms with Gasteiger partial charge in [-0.05, 0) is 59.2 Å². The fourth-order valence-electron chi connectivity index (χ4n) is 1.86. The van der Waals surface area contributed by atoms with E-state index in [2.05, 4.69) is 26.2 Å². The maximum atomic E-state index is 13.6. The quantitative estimate of drug-likeness (QED) is 0.937. The topological polar surface area (TPSA) is 24.9 Å². The van der Waals surface area contributed by atoms with Crippen LogP contribution in [0.3, 0.4) is 0 Å². The standard InChI is InChI=1S/C14H14BrFN2/c1-9-5-6-10(8-12(9)16)13(17-2)14-11(15)4-3-7-18-14/h3-8,13,17H,1-2H3. The van der Waals surface area contributed by atoms with Gasteiger partial charge in [0.15, 0.2) is 0 Å². The number of benzene rings is 1. The van der Waals surface area contributed by atoms with Crippen molar-refractivity contribution in [1.29, 1.82) is 0 Å². The molecule has 0 bridgehead atoms. The average Bonchev–Trinajstić information content (AvgIpc) is 2.37. The van der Waals surface area contributed by atoms with Crippen LogP contribution in [0.1, 0.15) is 22.9 Å². The van der Waals surface area contributed by atoms with Gasteiger partial charge in [-0.1, -0.05) is 12.1 Å². The van der Waals surface area contributed by atoms with E-state index in [-0.39, 0.29) is 11.9 Å². The van der Waals surface area contributed by atoms with Crippen LogP contribution in [-0.2, 0) is 0 Å². The molecule has 0 aliphatic carbocycles. The summed E-state index contributed by atoms with van der Waals surface area (Å²) >= 11 is 3.47. The summed E-state index contributed by atoms with van der Waals surface area (Å²) < 4.78 is 14.5. The van der Waals surface area contributed by atoms with Crippen molar-refractivity contribution in [1.82, 2.24) is 10.3 Å². The fourth-order valence-corrected chi connectivity index (χ4v) is 2.34. The Morgan fingerprint density at radius 3 is 2.72 bits per heavy atom. The van der Waals surface area contributed by atoms with Crippen LogP contribution in [0, 0.1) is 12.7 Å². The molecule has 2 nitrogen and oxygen atoms in total. The molecule has 0 radical (unpaired) electrons. The molecule has 18 heavy (non-hydrogen) atoms. The summed E-state index contributed by atoms with van der Waals surface area (Å²) in [5.41, 5.74) is 2.36. The highest BCUT2D eigenvalue weighted by atomic mass is 79.9. The van der Waals surface area contributed by atoms with Gasteiger partial charge in [-0.25, -0.2) is 4.39 Å². The highest BCUT2D eigenvalue weighted by molar-refractivity contribution is 9.10. The second-order valence-electron chi connectivity index (χ2n) is 4.10. The first-order chi connectivity index (χ1) is 8.63. The lowest BCUT2D eigenvalue weighted by Crippen LogP contribution is -2.19. The first-order valence-corrected chi connectivity index (χ1v) is 6.46. The highest BCUT2D eigenvalue weighted by Gasteiger charge is 2.17. The molecule has 0 aliphatic rings. The van der Waals surface area contributed by atoms with Crippen molar-refractivity contribution in [2.75, 3.05) is 7.05 Å². The third kappa shape index (κ3) is 2.60. The maximum absolute atomic E-state index is 13.6. The van der Waals surface area contributed by atoms with Gasteiger partial charge in [0, 0.05) is 10.7 Å². The number of aryl methyl sites for hydroxylation is 1. The predicted octanol–water partition coefficient (Wildman–Crippen LogP) is 3.60. The second-order valence-corrected chi connectivity index (χ2v) is 4.96. The van der Waals surface area contributed by atoms with Crippen LogP contribution in [0.15, 0.2) is 41.0 Å². The SMILES string of the molecule is CNC(c1ccc(C)c(F)c1)c1ncccc1Br. The summed E-state index contributed by atoms with van der Waals surface area (Å²) in [7, 11) is 1.84. The Hall–Kier alpha value is -1.26. The first-order valence-electron chi connectivity index (χ1n) is 5.67. The van der Waals surface area contributed by atoms with Crippen molar-refractivity contribution in [2.24, 2.45) is 0 Å². The Bertz CT molecular complexity index is 557. The molecule has 0 saturated carbocycles. The zero-order valence-corrected chi connectivity index (χ0v) is 11.8. The van der Waals surface area contributed by atoms with Crippen LogP contribution in [0.25, 0.3) is 0 Å². The largest absolute Gasteiger partial charge is 0.308 e. The molecule has 1 aromatic heterocycles.